The number of hydrogen-bond donors (Lipinski definition) is 2. The lowest BCUT2D eigenvalue weighted by molar-refractivity contribution is -0.143. The molecule has 0 aromatic carbocycles. The van der Waals surface area contributed by atoms with Crippen LogP contribution in [-0.4, -0.2) is 23.0 Å². The van der Waals surface area contributed by atoms with Gasteiger partial charge in [0.25, 0.3) is 0 Å². The minimum absolute atomic E-state index is 0.0340. The lowest BCUT2D eigenvalue weighted by atomic mass is 9.99. The second kappa shape index (κ2) is 6.40. The minimum atomic E-state index is -0.955. The van der Waals surface area contributed by atoms with E-state index < -0.39 is 12.0 Å². The molecule has 4 heteroatoms. The number of nitrogens with one attached hydrogen (secondary N) is 1. The maximum Gasteiger partial charge on any atom is 0.326 e. The molecule has 82 valence electrons. The number of aliphatic carboxylic acids is 1. The fourth-order valence-electron chi connectivity index (χ4n) is 1.16. The van der Waals surface area contributed by atoms with Crippen molar-refractivity contribution < 1.29 is 14.7 Å². The first-order valence-electron chi connectivity index (χ1n) is 5.05. The molecule has 0 saturated heterocycles. The zero-order valence-corrected chi connectivity index (χ0v) is 9.04. The van der Waals surface area contributed by atoms with Gasteiger partial charge in [0.2, 0.25) is 5.91 Å². The van der Waals surface area contributed by atoms with Gasteiger partial charge in [0.1, 0.15) is 6.04 Å². The molecule has 14 heavy (non-hydrogen) atoms. The SMILES string of the molecule is CCCC(=O)N[C@H](C(=O)O)C(C)CC. The second-order valence-electron chi connectivity index (χ2n) is 3.52. The van der Waals surface area contributed by atoms with Crippen molar-refractivity contribution >= 4 is 11.9 Å². The molecule has 4 nitrogen and oxygen atoms in total. The molecule has 2 atom stereocenters. The Morgan fingerprint density at radius 2 is 1.93 bits per heavy atom. The summed E-state index contributed by atoms with van der Waals surface area (Å²) in [6.07, 6.45) is 1.86. The van der Waals surface area contributed by atoms with Crippen molar-refractivity contribution in [2.75, 3.05) is 0 Å². The van der Waals surface area contributed by atoms with Gasteiger partial charge in [-0.05, 0) is 12.3 Å². The van der Waals surface area contributed by atoms with Crippen LogP contribution < -0.4 is 5.32 Å². The zero-order valence-electron chi connectivity index (χ0n) is 9.04. The van der Waals surface area contributed by atoms with Gasteiger partial charge >= 0.3 is 5.97 Å². The molecule has 2 N–H and O–H groups in total. The Bertz CT molecular complexity index is 204. The fraction of sp³-hybridized carbons (Fsp3) is 0.800. The summed E-state index contributed by atoms with van der Waals surface area (Å²) >= 11 is 0. The van der Waals surface area contributed by atoms with Crippen LogP contribution in [0, 0.1) is 5.92 Å². The summed E-state index contributed by atoms with van der Waals surface area (Å²) in [5.74, 6) is -1.17. The number of hydrogen-bond acceptors (Lipinski definition) is 2. The number of amides is 1. The van der Waals surface area contributed by atoms with Crippen LogP contribution in [0.15, 0.2) is 0 Å². The highest BCUT2D eigenvalue weighted by Crippen LogP contribution is 2.08. The molecule has 0 aliphatic carbocycles. The fourth-order valence-corrected chi connectivity index (χ4v) is 1.16. The molecule has 1 amide bonds. The van der Waals surface area contributed by atoms with Gasteiger partial charge in [-0.3, -0.25) is 4.79 Å². The van der Waals surface area contributed by atoms with E-state index in [1.807, 2.05) is 20.8 Å². The molecular formula is C10H19NO3. The van der Waals surface area contributed by atoms with Crippen molar-refractivity contribution in [2.24, 2.45) is 5.92 Å². The third-order valence-electron chi connectivity index (χ3n) is 2.27. The van der Waals surface area contributed by atoms with Crippen LogP contribution in [-0.2, 0) is 9.59 Å². The molecule has 0 radical (unpaired) electrons. The van der Waals surface area contributed by atoms with Crippen LogP contribution in [0.1, 0.15) is 40.0 Å². The summed E-state index contributed by atoms with van der Waals surface area (Å²) in [4.78, 5) is 22.0. The smallest absolute Gasteiger partial charge is 0.326 e. The predicted molar refractivity (Wildman–Crippen MR) is 53.9 cm³/mol. The number of carboxylic acids is 1. The number of rotatable bonds is 6. The first-order chi connectivity index (χ1) is 6.52. The Hall–Kier alpha value is -1.06. The number of carbonyl (C=O) groups excluding carboxylic acids is 1. The normalized spacial score (nSPS) is 14.5. The third kappa shape index (κ3) is 4.25. The maximum atomic E-state index is 11.2. The van der Waals surface area contributed by atoms with Crippen LogP contribution in [0.2, 0.25) is 0 Å². The van der Waals surface area contributed by atoms with Gasteiger partial charge in [-0.1, -0.05) is 27.2 Å². The Kier molecular flexibility index (Phi) is 5.92. The highest BCUT2D eigenvalue weighted by atomic mass is 16.4. The standard InChI is InChI=1S/C10H19NO3/c1-4-6-8(12)11-9(10(13)14)7(3)5-2/h7,9H,4-6H2,1-3H3,(H,11,12)(H,13,14)/t7?,9-/m0/s1. The largest absolute Gasteiger partial charge is 0.480 e. The van der Waals surface area contributed by atoms with Crippen molar-refractivity contribution in [3.05, 3.63) is 0 Å². The molecule has 0 aromatic heterocycles. The van der Waals surface area contributed by atoms with Crippen LogP contribution in [0.3, 0.4) is 0 Å². The molecule has 0 fully saturated rings. The average Bonchev–Trinajstić information content (AvgIpc) is 2.13. The Labute approximate surface area is 84.7 Å². The molecule has 0 heterocycles. The Balaban J connectivity index is 4.23. The summed E-state index contributed by atoms with van der Waals surface area (Å²) in [6, 6.07) is -0.751. The van der Waals surface area contributed by atoms with E-state index in [4.69, 9.17) is 5.11 Å². The van der Waals surface area contributed by atoms with Crippen LogP contribution in [0.4, 0.5) is 0 Å². The zero-order chi connectivity index (χ0) is 11.1. The Morgan fingerprint density at radius 3 is 2.29 bits per heavy atom. The van der Waals surface area contributed by atoms with Crippen molar-refractivity contribution in [1.29, 1.82) is 0 Å². The van der Waals surface area contributed by atoms with E-state index in [1.165, 1.54) is 0 Å². The number of carbonyl (C=O) groups is 2. The van der Waals surface area contributed by atoms with Crippen molar-refractivity contribution in [2.45, 2.75) is 46.1 Å². The van der Waals surface area contributed by atoms with E-state index in [0.717, 1.165) is 12.8 Å². The molecule has 1 unspecified atom stereocenters. The van der Waals surface area contributed by atoms with Crippen LogP contribution in [0.25, 0.3) is 0 Å². The summed E-state index contributed by atoms with van der Waals surface area (Å²) in [5, 5.41) is 11.4. The van der Waals surface area contributed by atoms with E-state index in [1.54, 1.807) is 0 Å². The summed E-state index contributed by atoms with van der Waals surface area (Å²) in [7, 11) is 0. The summed E-state index contributed by atoms with van der Waals surface area (Å²) in [5.41, 5.74) is 0. The first kappa shape index (κ1) is 12.9. The topological polar surface area (TPSA) is 66.4 Å². The Morgan fingerprint density at radius 1 is 1.36 bits per heavy atom. The van der Waals surface area contributed by atoms with Crippen molar-refractivity contribution in [3.63, 3.8) is 0 Å². The van der Waals surface area contributed by atoms with Crippen molar-refractivity contribution in [3.8, 4) is 0 Å². The molecule has 0 aromatic rings. The molecule has 0 aliphatic rings. The minimum Gasteiger partial charge on any atom is -0.480 e. The van der Waals surface area contributed by atoms with Gasteiger partial charge in [0.15, 0.2) is 0 Å². The van der Waals surface area contributed by atoms with Gasteiger partial charge in [0, 0.05) is 6.42 Å². The lowest BCUT2D eigenvalue weighted by Crippen LogP contribution is -2.44. The number of carboxylic acid groups (broad SMARTS) is 1. The second-order valence-corrected chi connectivity index (χ2v) is 3.52. The van der Waals surface area contributed by atoms with Crippen molar-refractivity contribution in [1.82, 2.24) is 5.32 Å². The molecule has 0 bridgehead atoms. The monoisotopic (exact) mass is 201 g/mol. The van der Waals surface area contributed by atoms with E-state index in [0.29, 0.717) is 6.42 Å². The van der Waals surface area contributed by atoms with Gasteiger partial charge in [-0.2, -0.15) is 0 Å². The predicted octanol–water partition coefficient (Wildman–Crippen LogP) is 1.40. The van der Waals surface area contributed by atoms with Gasteiger partial charge in [-0.15, -0.1) is 0 Å². The van der Waals surface area contributed by atoms with E-state index in [-0.39, 0.29) is 11.8 Å². The van der Waals surface area contributed by atoms with E-state index in [9.17, 15) is 9.59 Å². The highest BCUT2D eigenvalue weighted by Gasteiger charge is 2.24. The molecule has 0 spiro atoms. The lowest BCUT2D eigenvalue weighted by Gasteiger charge is -2.19. The van der Waals surface area contributed by atoms with E-state index in [2.05, 4.69) is 5.32 Å². The van der Waals surface area contributed by atoms with E-state index >= 15 is 0 Å². The molecular weight excluding hydrogens is 182 g/mol. The van der Waals surface area contributed by atoms with Gasteiger partial charge < -0.3 is 10.4 Å². The highest BCUT2D eigenvalue weighted by molar-refractivity contribution is 5.83. The van der Waals surface area contributed by atoms with Gasteiger partial charge in [-0.25, -0.2) is 4.79 Å². The third-order valence-corrected chi connectivity index (χ3v) is 2.27. The van der Waals surface area contributed by atoms with Crippen LogP contribution >= 0.6 is 0 Å². The van der Waals surface area contributed by atoms with Crippen LogP contribution in [0.5, 0.6) is 0 Å². The average molecular weight is 201 g/mol. The summed E-state index contributed by atoms with van der Waals surface area (Å²) < 4.78 is 0. The first-order valence-corrected chi connectivity index (χ1v) is 5.05. The quantitative estimate of drug-likeness (QED) is 0.682. The molecule has 0 rings (SSSR count). The maximum absolute atomic E-state index is 11.2. The molecule has 0 aliphatic heterocycles. The van der Waals surface area contributed by atoms with Gasteiger partial charge in [0.05, 0.1) is 0 Å². The molecule has 0 saturated carbocycles. The summed E-state index contributed by atoms with van der Waals surface area (Å²) in [6.45, 7) is 5.62.